The number of hydrogen-bond donors (Lipinski definition) is 2. The van der Waals surface area contributed by atoms with Crippen LogP contribution in [0.1, 0.15) is 37.7 Å². The Morgan fingerprint density at radius 1 is 1.21 bits per heavy atom. The molecule has 1 amide bonds. The van der Waals surface area contributed by atoms with Gasteiger partial charge in [-0.25, -0.2) is 4.39 Å². The Hall–Kier alpha value is -1.42. The van der Waals surface area contributed by atoms with Gasteiger partial charge < -0.3 is 10.6 Å². The summed E-state index contributed by atoms with van der Waals surface area (Å²) in [7, 11) is 0. The van der Waals surface area contributed by atoms with E-state index in [0.717, 1.165) is 12.1 Å². The summed E-state index contributed by atoms with van der Waals surface area (Å²) >= 11 is 0. The Kier molecular flexibility index (Phi) is 5.33. The molecule has 1 saturated carbocycles. The van der Waals surface area contributed by atoms with E-state index in [4.69, 9.17) is 0 Å². The van der Waals surface area contributed by atoms with Crippen LogP contribution < -0.4 is 10.6 Å². The van der Waals surface area contributed by atoms with E-state index in [1.807, 2.05) is 0 Å². The van der Waals surface area contributed by atoms with Crippen molar-refractivity contribution >= 4 is 5.91 Å². The van der Waals surface area contributed by atoms with E-state index in [2.05, 4.69) is 10.6 Å². The molecule has 0 heterocycles. The van der Waals surface area contributed by atoms with E-state index in [-0.39, 0.29) is 11.7 Å². The molecule has 1 aromatic carbocycles. The molecule has 0 unspecified atom stereocenters. The maximum atomic E-state index is 12.7. The second-order valence-electron chi connectivity index (χ2n) is 5.09. The van der Waals surface area contributed by atoms with Crippen LogP contribution in [0.15, 0.2) is 24.3 Å². The van der Waals surface area contributed by atoms with Crippen LogP contribution in [0.25, 0.3) is 0 Å². The van der Waals surface area contributed by atoms with Crippen LogP contribution in [-0.4, -0.2) is 18.5 Å². The molecule has 2 N–H and O–H groups in total. The zero-order valence-electron chi connectivity index (χ0n) is 11.1. The fourth-order valence-electron chi connectivity index (χ4n) is 2.41. The van der Waals surface area contributed by atoms with Gasteiger partial charge in [-0.1, -0.05) is 25.0 Å². The van der Waals surface area contributed by atoms with Crippen molar-refractivity contribution in [2.75, 3.05) is 6.54 Å². The molecule has 3 nitrogen and oxygen atoms in total. The van der Waals surface area contributed by atoms with Gasteiger partial charge in [-0.2, -0.15) is 0 Å². The standard InChI is InChI=1S/C15H21FN2O/c16-13-7-5-12(6-8-13)11-18-15(19)9-10-17-14-3-1-2-4-14/h5-8,14,17H,1-4,9-11H2,(H,18,19). The summed E-state index contributed by atoms with van der Waals surface area (Å²) in [6, 6.07) is 6.79. The van der Waals surface area contributed by atoms with Crippen LogP contribution in [-0.2, 0) is 11.3 Å². The third kappa shape index (κ3) is 4.99. The summed E-state index contributed by atoms with van der Waals surface area (Å²) in [5.41, 5.74) is 0.915. The summed E-state index contributed by atoms with van der Waals surface area (Å²) in [5, 5.41) is 6.25. The van der Waals surface area contributed by atoms with Crippen LogP contribution in [0.2, 0.25) is 0 Å². The quantitative estimate of drug-likeness (QED) is 0.828. The lowest BCUT2D eigenvalue weighted by molar-refractivity contribution is -0.121. The number of hydrogen-bond acceptors (Lipinski definition) is 2. The van der Waals surface area contributed by atoms with Gasteiger partial charge in [-0.3, -0.25) is 4.79 Å². The van der Waals surface area contributed by atoms with Crippen molar-refractivity contribution in [3.8, 4) is 0 Å². The number of halogens is 1. The first-order valence-corrected chi connectivity index (χ1v) is 6.98. The molecular weight excluding hydrogens is 243 g/mol. The van der Waals surface area contributed by atoms with Gasteiger partial charge in [-0.05, 0) is 30.5 Å². The molecule has 2 rings (SSSR count). The predicted octanol–water partition coefficient (Wildman–Crippen LogP) is 2.36. The second kappa shape index (κ2) is 7.24. The van der Waals surface area contributed by atoms with Gasteiger partial charge in [0.1, 0.15) is 5.82 Å². The topological polar surface area (TPSA) is 41.1 Å². The van der Waals surface area contributed by atoms with Crippen LogP contribution in [0.4, 0.5) is 4.39 Å². The molecular formula is C15H21FN2O. The zero-order valence-corrected chi connectivity index (χ0v) is 11.1. The van der Waals surface area contributed by atoms with Gasteiger partial charge in [-0.15, -0.1) is 0 Å². The molecule has 0 saturated heterocycles. The molecule has 0 spiro atoms. The summed E-state index contributed by atoms with van der Waals surface area (Å²) in [5.74, 6) is -0.217. The average molecular weight is 264 g/mol. The molecule has 0 aliphatic heterocycles. The largest absolute Gasteiger partial charge is 0.352 e. The first kappa shape index (κ1) is 14.0. The van der Waals surface area contributed by atoms with Crippen LogP contribution >= 0.6 is 0 Å². The molecule has 0 aromatic heterocycles. The minimum atomic E-state index is -0.254. The van der Waals surface area contributed by atoms with Crippen molar-refractivity contribution in [1.29, 1.82) is 0 Å². The fraction of sp³-hybridized carbons (Fsp3) is 0.533. The summed E-state index contributed by atoms with van der Waals surface area (Å²) in [6.07, 6.45) is 5.56. The van der Waals surface area contributed by atoms with Crippen molar-refractivity contribution < 1.29 is 9.18 Å². The van der Waals surface area contributed by atoms with E-state index >= 15 is 0 Å². The van der Waals surface area contributed by atoms with Crippen molar-refractivity contribution in [2.24, 2.45) is 0 Å². The molecule has 4 heteroatoms. The monoisotopic (exact) mass is 264 g/mol. The molecule has 1 aliphatic rings. The average Bonchev–Trinajstić information content (AvgIpc) is 2.91. The highest BCUT2D eigenvalue weighted by atomic mass is 19.1. The maximum absolute atomic E-state index is 12.7. The number of rotatable bonds is 6. The Morgan fingerprint density at radius 2 is 1.89 bits per heavy atom. The zero-order chi connectivity index (χ0) is 13.5. The molecule has 0 atom stereocenters. The minimum Gasteiger partial charge on any atom is -0.352 e. The first-order chi connectivity index (χ1) is 9.24. The number of amides is 1. The summed E-state index contributed by atoms with van der Waals surface area (Å²) < 4.78 is 12.7. The van der Waals surface area contributed by atoms with E-state index < -0.39 is 0 Å². The SMILES string of the molecule is O=C(CCNC1CCCC1)NCc1ccc(F)cc1. The number of benzene rings is 1. The van der Waals surface area contributed by atoms with Gasteiger partial charge in [0.2, 0.25) is 5.91 Å². The normalized spacial score (nSPS) is 15.6. The van der Waals surface area contributed by atoms with Crippen LogP contribution in [0, 0.1) is 5.82 Å². The van der Waals surface area contributed by atoms with Crippen LogP contribution in [0.5, 0.6) is 0 Å². The highest BCUT2D eigenvalue weighted by Gasteiger charge is 2.13. The van der Waals surface area contributed by atoms with Gasteiger partial charge in [0.05, 0.1) is 0 Å². The molecule has 0 radical (unpaired) electrons. The molecule has 1 aliphatic carbocycles. The third-order valence-electron chi connectivity index (χ3n) is 3.54. The van der Waals surface area contributed by atoms with Crippen molar-refractivity contribution in [3.63, 3.8) is 0 Å². The first-order valence-electron chi connectivity index (χ1n) is 6.98. The maximum Gasteiger partial charge on any atom is 0.221 e. The van der Waals surface area contributed by atoms with E-state index in [0.29, 0.717) is 19.0 Å². The van der Waals surface area contributed by atoms with E-state index in [1.54, 1.807) is 12.1 Å². The molecule has 0 bridgehead atoms. The molecule has 1 aromatic rings. The lowest BCUT2D eigenvalue weighted by Gasteiger charge is -2.11. The Labute approximate surface area is 113 Å². The van der Waals surface area contributed by atoms with E-state index in [9.17, 15) is 9.18 Å². The number of nitrogens with one attached hydrogen (secondary N) is 2. The predicted molar refractivity (Wildman–Crippen MR) is 73.1 cm³/mol. The molecule has 104 valence electrons. The van der Waals surface area contributed by atoms with Gasteiger partial charge >= 0.3 is 0 Å². The van der Waals surface area contributed by atoms with Crippen molar-refractivity contribution in [3.05, 3.63) is 35.6 Å². The van der Waals surface area contributed by atoms with E-state index in [1.165, 1.54) is 37.8 Å². The van der Waals surface area contributed by atoms with Gasteiger partial charge in [0.25, 0.3) is 0 Å². The van der Waals surface area contributed by atoms with Crippen LogP contribution in [0.3, 0.4) is 0 Å². The smallest absolute Gasteiger partial charge is 0.221 e. The Morgan fingerprint density at radius 3 is 2.58 bits per heavy atom. The molecule has 19 heavy (non-hydrogen) atoms. The highest BCUT2D eigenvalue weighted by molar-refractivity contribution is 5.76. The summed E-state index contributed by atoms with van der Waals surface area (Å²) in [6.45, 7) is 1.20. The third-order valence-corrected chi connectivity index (χ3v) is 3.54. The van der Waals surface area contributed by atoms with Crippen molar-refractivity contribution in [2.45, 2.75) is 44.7 Å². The fourth-order valence-corrected chi connectivity index (χ4v) is 2.41. The second-order valence-corrected chi connectivity index (χ2v) is 5.09. The van der Waals surface area contributed by atoms with Crippen molar-refractivity contribution in [1.82, 2.24) is 10.6 Å². The lowest BCUT2D eigenvalue weighted by atomic mass is 10.2. The van der Waals surface area contributed by atoms with Gasteiger partial charge in [0.15, 0.2) is 0 Å². The minimum absolute atomic E-state index is 0.0369. The Bertz CT molecular complexity index is 399. The number of carbonyl (C=O) groups is 1. The number of carbonyl (C=O) groups excluding carboxylic acids is 1. The van der Waals surface area contributed by atoms with Gasteiger partial charge in [0, 0.05) is 25.6 Å². The Balaban J connectivity index is 1.60. The summed E-state index contributed by atoms with van der Waals surface area (Å²) in [4.78, 5) is 11.6. The lowest BCUT2D eigenvalue weighted by Crippen LogP contribution is -2.31. The highest BCUT2D eigenvalue weighted by Crippen LogP contribution is 2.17. The molecule has 1 fully saturated rings.